The molecule has 1 fully saturated rings. The third kappa shape index (κ3) is 4.12. The summed E-state index contributed by atoms with van der Waals surface area (Å²) in [5.74, 6) is 0.240. The summed E-state index contributed by atoms with van der Waals surface area (Å²) < 4.78 is 5.96. The molecular weight excluding hydrogens is 386 g/mol. The van der Waals surface area contributed by atoms with E-state index in [9.17, 15) is 19.7 Å². The molecule has 0 aromatic heterocycles. The number of ether oxygens (including phenoxy) is 1. The molecule has 8 nitrogen and oxygen atoms in total. The summed E-state index contributed by atoms with van der Waals surface area (Å²) in [6, 6.07) is 13.1. The minimum Gasteiger partial charge on any atom is -0.476 e. The van der Waals surface area contributed by atoms with Gasteiger partial charge in [0.1, 0.15) is 5.75 Å². The van der Waals surface area contributed by atoms with E-state index in [2.05, 4.69) is 0 Å². The molecule has 2 aliphatic rings. The molecule has 0 N–H and O–H groups in total. The summed E-state index contributed by atoms with van der Waals surface area (Å²) >= 11 is 0. The van der Waals surface area contributed by atoms with Gasteiger partial charge in [0.2, 0.25) is 5.91 Å². The maximum Gasteiger partial charge on any atom is 0.269 e. The molecule has 156 valence electrons. The van der Waals surface area contributed by atoms with Crippen LogP contribution >= 0.6 is 0 Å². The second kappa shape index (κ2) is 8.52. The molecule has 1 atom stereocenters. The number of nitro benzene ring substituents is 1. The van der Waals surface area contributed by atoms with Gasteiger partial charge < -0.3 is 14.5 Å². The number of hydrogen-bond donors (Lipinski definition) is 0. The van der Waals surface area contributed by atoms with Crippen molar-refractivity contribution in [1.29, 1.82) is 0 Å². The van der Waals surface area contributed by atoms with Crippen LogP contribution < -0.4 is 9.64 Å². The van der Waals surface area contributed by atoms with E-state index >= 15 is 0 Å². The summed E-state index contributed by atoms with van der Waals surface area (Å²) in [4.78, 5) is 39.9. The van der Waals surface area contributed by atoms with Gasteiger partial charge >= 0.3 is 0 Å². The molecule has 0 bridgehead atoms. The zero-order chi connectivity index (χ0) is 21.1. The zero-order valence-corrected chi connectivity index (χ0v) is 16.5. The van der Waals surface area contributed by atoms with Crippen LogP contribution in [0.1, 0.15) is 24.8 Å². The first kappa shape index (κ1) is 19.9. The molecule has 2 aromatic rings. The topological polar surface area (TPSA) is 93.0 Å². The fourth-order valence-electron chi connectivity index (χ4n) is 3.92. The number of benzene rings is 2. The van der Waals surface area contributed by atoms with Gasteiger partial charge in [-0.25, -0.2) is 0 Å². The van der Waals surface area contributed by atoms with Crippen LogP contribution in [0.15, 0.2) is 48.5 Å². The number of fused-ring (bicyclic) bond motifs is 1. The van der Waals surface area contributed by atoms with Gasteiger partial charge in [-0.2, -0.15) is 0 Å². The van der Waals surface area contributed by atoms with E-state index in [0.29, 0.717) is 17.0 Å². The van der Waals surface area contributed by atoms with Crippen molar-refractivity contribution < 1.29 is 19.2 Å². The molecule has 0 radical (unpaired) electrons. The van der Waals surface area contributed by atoms with Gasteiger partial charge in [-0.1, -0.05) is 24.3 Å². The van der Waals surface area contributed by atoms with Crippen molar-refractivity contribution in [3.63, 3.8) is 0 Å². The first-order valence-corrected chi connectivity index (χ1v) is 10.1. The number of hydrogen-bond acceptors (Lipinski definition) is 5. The Kier molecular flexibility index (Phi) is 5.65. The van der Waals surface area contributed by atoms with Crippen LogP contribution in [0.3, 0.4) is 0 Å². The molecule has 4 rings (SSSR count). The van der Waals surface area contributed by atoms with Crippen molar-refractivity contribution in [3.8, 4) is 5.75 Å². The highest BCUT2D eigenvalue weighted by Crippen LogP contribution is 2.34. The highest BCUT2D eigenvalue weighted by Gasteiger charge is 2.36. The van der Waals surface area contributed by atoms with Crippen LogP contribution in [0, 0.1) is 10.1 Å². The number of piperidine rings is 1. The number of amides is 2. The Morgan fingerprint density at radius 3 is 2.43 bits per heavy atom. The quantitative estimate of drug-likeness (QED) is 0.572. The number of carbonyl (C=O) groups excluding carboxylic acids is 2. The third-order valence-electron chi connectivity index (χ3n) is 5.52. The molecule has 2 amide bonds. The Bertz CT molecular complexity index is 954. The largest absolute Gasteiger partial charge is 0.476 e. The van der Waals surface area contributed by atoms with E-state index < -0.39 is 11.0 Å². The summed E-state index contributed by atoms with van der Waals surface area (Å²) in [7, 11) is 0. The Morgan fingerprint density at radius 1 is 1.03 bits per heavy atom. The first-order valence-electron chi connectivity index (χ1n) is 10.1. The Balaban J connectivity index is 1.53. The van der Waals surface area contributed by atoms with Crippen LogP contribution in [0.4, 0.5) is 11.4 Å². The van der Waals surface area contributed by atoms with Crippen molar-refractivity contribution in [2.45, 2.75) is 31.8 Å². The smallest absolute Gasteiger partial charge is 0.269 e. The molecule has 2 aromatic carbocycles. The molecule has 0 saturated carbocycles. The van der Waals surface area contributed by atoms with Crippen LogP contribution in [-0.4, -0.2) is 47.4 Å². The van der Waals surface area contributed by atoms with Gasteiger partial charge in [0.05, 0.1) is 23.6 Å². The lowest BCUT2D eigenvalue weighted by Gasteiger charge is -2.37. The van der Waals surface area contributed by atoms with E-state index in [-0.39, 0.29) is 30.5 Å². The molecule has 2 heterocycles. The first-order chi connectivity index (χ1) is 14.5. The Labute approximate surface area is 174 Å². The number of rotatable bonds is 4. The fourth-order valence-corrected chi connectivity index (χ4v) is 3.92. The molecule has 0 aliphatic carbocycles. The summed E-state index contributed by atoms with van der Waals surface area (Å²) in [6.45, 7) is 1.59. The fraction of sp³-hybridized carbons (Fsp3) is 0.364. The van der Waals surface area contributed by atoms with E-state index in [0.717, 1.165) is 32.4 Å². The lowest BCUT2D eigenvalue weighted by atomic mass is 10.1. The second-order valence-electron chi connectivity index (χ2n) is 7.56. The van der Waals surface area contributed by atoms with Gasteiger partial charge in [-0.3, -0.25) is 19.7 Å². The van der Waals surface area contributed by atoms with Gasteiger partial charge in [-0.15, -0.1) is 0 Å². The second-order valence-corrected chi connectivity index (χ2v) is 7.56. The standard InChI is InChI=1S/C22H23N3O5/c26-21(14-16-8-10-17(11-9-16)25(28)29)24-15-20(22(27)23-12-4-1-5-13-23)30-19-7-3-2-6-18(19)24/h2-3,6-11,20H,1,4-5,12-15H2/t20-/m1/s1. The number of nitrogens with zero attached hydrogens (tertiary/aromatic N) is 3. The van der Waals surface area contributed by atoms with Crippen LogP contribution in [0.5, 0.6) is 5.75 Å². The Hall–Kier alpha value is -3.42. The predicted molar refractivity (Wildman–Crippen MR) is 110 cm³/mol. The normalized spacial score (nSPS) is 18.3. The van der Waals surface area contributed by atoms with Crippen LogP contribution in [0.25, 0.3) is 0 Å². The summed E-state index contributed by atoms with van der Waals surface area (Å²) in [6.07, 6.45) is 2.43. The lowest BCUT2D eigenvalue weighted by molar-refractivity contribution is -0.384. The maximum atomic E-state index is 13.1. The van der Waals surface area contributed by atoms with Crippen molar-refractivity contribution >= 4 is 23.2 Å². The van der Waals surface area contributed by atoms with Crippen molar-refractivity contribution in [2.24, 2.45) is 0 Å². The van der Waals surface area contributed by atoms with E-state index in [4.69, 9.17) is 4.74 Å². The van der Waals surface area contributed by atoms with Gasteiger partial charge in [0, 0.05) is 25.2 Å². The number of anilines is 1. The van der Waals surface area contributed by atoms with Crippen molar-refractivity contribution in [2.75, 3.05) is 24.5 Å². The number of non-ortho nitro benzene ring substituents is 1. The highest BCUT2D eigenvalue weighted by molar-refractivity contribution is 5.98. The number of nitro groups is 1. The predicted octanol–water partition coefficient (Wildman–Crippen LogP) is 2.94. The van der Waals surface area contributed by atoms with Gasteiger partial charge in [-0.05, 0) is 37.0 Å². The van der Waals surface area contributed by atoms with Gasteiger partial charge in [0.15, 0.2) is 6.10 Å². The summed E-state index contributed by atoms with van der Waals surface area (Å²) in [5, 5.41) is 10.8. The zero-order valence-electron chi connectivity index (χ0n) is 16.5. The molecule has 2 aliphatic heterocycles. The van der Waals surface area contributed by atoms with Crippen molar-refractivity contribution in [1.82, 2.24) is 4.90 Å². The maximum absolute atomic E-state index is 13.1. The molecule has 30 heavy (non-hydrogen) atoms. The third-order valence-corrected chi connectivity index (χ3v) is 5.52. The summed E-state index contributed by atoms with van der Waals surface area (Å²) in [5.41, 5.74) is 1.29. The molecule has 1 saturated heterocycles. The van der Waals surface area contributed by atoms with Crippen molar-refractivity contribution in [3.05, 3.63) is 64.2 Å². The minimum atomic E-state index is -0.737. The van der Waals surface area contributed by atoms with Crippen LogP contribution in [0.2, 0.25) is 0 Å². The monoisotopic (exact) mass is 409 g/mol. The van der Waals surface area contributed by atoms with Gasteiger partial charge in [0.25, 0.3) is 11.6 Å². The van der Waals surface area contributed by atoms with E-state index in [1.54, 1.807) is 29.2 Å². The van der Waals surface area contributed by atoms with E-state index in [1.807, 2.05) is 17.0 Å². The number of para-hydroxylation sites is 2. The number of carbonyl (C=O) groups is 2. The average molecular weight is 409 g/mol. The highest BCUT2D eigenvalue weighted by atomic mass is 16.6. The minimum absolute atomic E-state index is 0.0184. The molecule has 8 heteroatoms. The lowest BCUT2D eigenvalue weighted by Crippen LogP contribution is -2.53. The molecular formula is C22H23N3O5. The molecule has 0 unspecified atom stereocenters. The average Bonchev–Trinajstić information content (AvgIpc) is 2.78. The number of likely N-dealkylation sites (tertiary alicyclic amines) is 1. The Morgan fingerprint density at radius 2 is 1.73 bits per heavy atom. The molecule has 0 spiro atoms. The van der Waals surface area contributed by atoms with Crippen LogP contribution in [-0.2, 0) is 16.0 Å². The van der Waals surface area contributed by atoms with E-state index in [1.165, 1.54) is 12.1 Å². The SMILES string of the molecule is O=C([C@H]1CN(C(=O)Cc2ccc([N+](=O)[O-])cc2)c2ccccc2O1)N1CCCCC1.